The third-order valence-corrected chi connectivity index (χ3v) is 2.40. The summed E-state index contributed by atoms with van der Waals surface area (Å²) in [6.45, 7) is 0.292. The van der Waals surface area contributed by atoms with Crippen molar-refractivity contribution in [2.45, 2.75) is 6.54 Å². The molecule has 1 amide bonds. The summed E-state index contributed by atoms with van der Waals surface area (Å²) >= 11 is 0. The lowest BCUT2D eigenvalue weighted by molar-refractivity contribution is 0.0950. The summed E-state index contributed by atoms with van der Waals surface area (Å²) in [5, 5.41) is 16.2. The van der Waals surface area contributed by atoms with Crippen LogP contribution >= 0.6 is 0 Å². The third kappa shape index (κ3) is 2.63. The summed E-state index contributed by atoms with van der Waals surface area (Å²) in [7, 11) is 1.75. The van der Waals surface area contributed by atoms with E-state index in [0.29, 0.717) is 17.7 Å². The van der Waals surface area contributed by atoms with Crippen molar-refractivity contribution in [2.24, 2.45) is 7.05 Å². The van der Waals surface area contributed by atoms with E-state index in [4.69, 9.17) is 0 Å². The van der Waals surface area contributed by atoms with Crippen molar-refractivity contribution in [1.29, 1.82) is 0 Å². The Balaban J connectivity index is 1.99. The number of para-hydroxylation sites is 1. The Bertz CT molecular complexity index is 534. The van der Waals surface area contributed by atoms with Crippen molar-refractivity contribution in [2.75, 3.05) is 0 Å². The van der Waals surface area contributed by atoms with Gasteiger partial charge >= 0.3 is 0 Å². The van der Waals surface area contributed by atoms with Crippen LogP contribution in [0.3, 0.4) is 0 Å². The smallest absolute Gasteiger partial charge is 0.254 e. The molecule has 0 saturated carbocycles. The lowest BCUT2D eigenvalue weighted by atomic mass is 10.2. The second kappa shape index (κ2) is 4.69. The second-order valence-electron chi connectivity index (χ2n) is 3.71. The Morgan fingerprint density at radius 1 is 1.47 bits per heavy atom. The molecule has 0 saturated heterocycles. The van der Waals surface area contributed by atoms with Gasteiger partial charge in [-0.2, -0.15) is 5.10 Å². The largest absolute Gasteiger partial charge is 0.508 e. The molecule has 0 unspecified atom stereocenters. The van der Waals surface area contributed by atoms with Gasteiger partial charge in [0.15, 0.2) is 0 Å². The maximum atomic E-state index is 11.7. The van der Waals surface area contributed by atoms with Crippen molar-refractivity contribution < 1.29 is 9.90 Å². The summed E-state index contributed by atoms with van der Waals surface area (Å²) < 4.78 is 1.56. The zero-order valence-corrected chi connectivity index (χ0v) is 9.42. The fourth-order valence-electron chi connectivity index (χ4n) is 1.48. The third-order valence-electron chi connectivity index (χ3n) is 2.40. The number of phenols is 1. The minimum absolute atomic E-state index is 0.180. The van der Waals surface area contributed by atoms with E-state index in [2.05, 4.69) is 10.4 Å². The highest BCUT2D eigenvalue weighted by atomic mass is 16.3. The molecule has 0 atom stereocenters. The van der Waals surface area contributed by atoms with E-state index in [1.54, 1.807) is 36.1 Å². The molecule has 88 valence electrons. The first-order valence-electron chi connectivity index (χ1n) is 5.20. The maximum Gasteiger partial charge on any atom is 0.254 e. The van der Waals surface area contributed by atoms with E-state index >= 15 is 0 Å². The van der Waals surface area contributed by atoms with Gasteiger partial charge in [-0.15, -0.1) is 0 Å². The average Bonchev–Trinajstić information content (AvgIpc) is 2.74. The van der Waals surface area contributed by atoms with Gasteiger partial charge in [-0.1, -0.05) is 18.2 Å². The molecule has 0 radical (unpaired) electrons. The monoisotopic (exact) mass is 231 g/mol. The number of hydrogen-bond acceptors (Lipinski definition) is 3. The van der Waals surface area contributed by atoms with Crippen molar-refractivity contribution in [3.63, 3.8) is 0 Å². The molecule has 2 aromatic rings. The van der Waals surface area contributed by atoms with E-state index in [-0.39, 0.29) is 11.7 Å². The van der Waals surface area contributed by atoms with Crippen LogP contribution in [-0.2, 0) is 13.6 Å². The Kier molecular flexibility index (Phi) is 3.09. The molecule has 0 aliphatic rings. The zero-order chi connectivity index (χ0) is 12.3. The molecule has 0 spiro atoms. The van der Waals surface area contributed by atoms with Gasteiger partial charge in [0.2, 0.25) is 0 Å². The number of rotatable bonds is 3. The van der Waals surface area contributed by atoms with Gasteiger partial charge in [-0.05, 0) is 6.07 Å². The number of carbonyl (C=O) groups is 1. The van der Waals surface area contributed by atoms with Gasteiger partial charge < -0.3 is 10.4 Å². The number of aryl methyl sites for hydroxylation is 1. The molecule has 17 heavy (non-hydrogen) atoms. The first-order valence-corrected chi connectivity index (χ1v) is 5.20. The van der Waals surface area contributed by atoms with Crippen molar-refractivity contribution >= 4 is 5.91 Å². The Labute approximate surface area is 98.7 Å². The molecule has 2 rings (SSSR count). The van der Waals surface area contributed by atoms with Gasteiger partial charge in [0.1, 0.15) is 5.75 Å². The lowest BCUT2D eigenvalue weighted by Crippen LogP contribution is -2.22. The standard InChI is InChI=1S/C12H13N3O2/c1-15-8-10(7-14-15)12(17)13-6-9-4-2-3-5-11(9)16/h2-5,7-8,16H,6H2,1H3,(H,13,17). The Morgan fingerprint density at radius 2 is 2.24 bits per heavy atom. The molecular weight excluding hydrogens is 218 g/mol. The fourth-order valence-corrected chi connectivity index (χ4v) is 1.48. The van der Waals surface area contributed by atoms with E-state index in [1.165, 1.54) is 6.20 Å². The first kappa shape index (κ1) is 11.2. The highest BCUT2D eigenvalue weighted by Crippen LogP contribution is 2.14. The molecular formula is C12H13N3O2. The van der Waals surface area contributed by atoms with Gasteiger partial charge in [-0.3, -0.25) is 9.48 Å². The molecule has 1 aromatic carbocycles. The molecule has 5 heteroatoms. The molecule has 0 bridgehead atoms. The number of nitrogens with one attached hydrogen (secondary N) is 1. The SMILES string of the molecule is Cn1cc(C(=O)NCc2ccccc2O)cn1. The van der Waals surface area contributed by atoms with Crippen LogP contribution in [0.1, 0.15) is 15.9 Å². The molecule has 0 aliphatic carbocycles. The van der Waals surface area contributed by atoms with Crippen LogP contribution in [-0.4, -0.2) is 20.8 Å². The Morgan fingerprint density at radius 3 is 2.88 bits per heavy atom. The average molecular weight is 231 g/mol. The molecule has 0 fully saturated rings. The Hall–Kier alpha value is -2.30. The number of amides is 1. The quantitative estimate of drug-likeness (QED) is 0.829. The van der Waals surface area contributed by atoms with E-state index in [1.807, 2.05) is 6.07 Å². The predicted octanol–water partition coefficient (Wildman–Crippen LogP) is 1.06. The fraction of sp³-hybridized carbons (Fsp3) is 0.167. The summed E-state index contributed by atoms with van der Waals surface area (Å²) in [6, 6.07) is 6.90. The summed E-state index contributed by atoms with van der Waals surface area (Å²) in [6.07, 6.45) is 3.14. The van der Waals surface area contributed by atoms with E-state index in [0.717, 1.165) is 0 Å². The van der Waals surface area contributed by atoms with Gasteiger partial charge in [0.05, 0.1) is 11.8 Å². The number of aromatic nitrogens is 2. The molecule has 1 aromatic heterocycles. The summed E-state index contributed by atoms with van der Waals surface area (Å²) in [5.41, 5.74) is 1.19. The van der Waals surface area contributed by atoms with Gasteiger partial charge in [0.25, 0.3) is 5.91 Å². The second-order valence-corrected chi connectivity index (χ2v) is 3.71. The highest BCUT2D eigenvalue weighted by molar-refractivity contribution is 5.93. The normalized spacial score (nSPS) is 10.2. The molecule has 5 nitrogen and oxygen atoms in total. The van der Waals surface area contributed by atoms with Gasteiger partial charge in [-0.25, -0.2) is 0 Å². The number of hydrogen-bond donors (Lipinski definition) is 2. The topological polar surface area (TPSA) is 67.2 Å². The summed E-state index contributed by atoms with van der Waals surface area (Å²) in [5.74, 6) is -0.0275. The van der Waals surface area contributed by atoms with Crippen molar-refractivity contribution in [3.05, 3.63) is 47.8 Å². The van der Waals surface area contributed by atoms with Crippen LogP contribution in [0.25, 0.3) is 0 Å². The van der Waals surface area contributed by atoms with Crippen LogP contribution in [0.2, 0.25) is 0 Å². The minimum atomic E-state index is -0.207. The van der Waals surface area contributed by atoms with Crippen LogP contribution in [0.4, 0.5) is 0 Å². The number of benzene rings is 1. The highest BCUT2D eigenvalue weighted by Gasteiger charge is 2.08. The molecule has 0 aliphatic heterocycles. The summed E-state index contributed by atoms with van der Waals surface area (Å²) in [4.78, 5) is 11.7. The number of aromatic hydroxyl groups is 1. The molecule has 1 heterocycles. The van der Waals surface area contributed by atoms with E-state index in [9.17, 15) is 9.90 Å². The number of phenolic OH excluding ortho intramolecular Hbond substituents is 1. The number of carbonyl (C=O) groups excluding carboxylic acids is 1. The van der Waals surface area contributed by atoms with Gasteiger partial charge in [0, 0.05) is 25.4 Å². The maximum absolute atomic E-state index is 11.7. The lowest BCUT2D eigenvalue weighted by Gasteiger charge is -2.05. The van der Waals surface area contributed by atoms with Crippen LogP contribution in [0.15, 0.2) is 36.7 Å². The van der Waals surface area contributed by atoms with Crippen molar-refractivity contribution in [1.82, 2.24) is 15.1 Å². The van der Waals surface area contributed by atoms with Crippen LogP contribution < -0.4 is 5.32 Å². The number of nitrogens with zero attached hydrogens (tertiary/aromatic N) is 2. The molecule has 2 N–H and O–H groups in total. The minimum Gasteiger partial charge on any atom is -0.508 e. The van der Waals surface area contributed by atoms with Crippen LogP contribution in [0, 0.1) is 0 Å². The predicted molar refractivity (Wildman–Crippen MR) is 62.5 cm³/mol. The van der Waals surface area contributed by atoms with Crippen molar-refractivity contribution in [3.8, 4) is 5.75 Å². The van der Waals surface area contributed by atoms with E-state index < -0.39 is 0 Å². The van der Waals surface area contributed by atoms with Crippen LogP contribution in [0.5, 0.6) is 5.75 Å². The zero-order valence-electron chi connectivity index (χ0n) is 9.42. The first-order chi connectivity index (χ1) is 8.16.